The van der Waals surface area contributed by atoms with Crippen molar-refractivity contribution in [3.8, 4) is 5.75 Å². The lowest BCUT2D eigenvalue weighted by molar-refractivity contribution is -0.148. The van der Waals surface area contributed by atoms with Crippen LogP contribution in [0.25, 0.3) is 0 Å². The van der Waals surface area contributed by atoms with Crippen LogP contribution in [0, 0.1) is 0 Å². The number of benzene rings is 3. The first-order chi connectivity index (χ1) is 17.5. The van der Waals surface area contributed by atoms with Gasteiger partial charge in [0.25, 0.3) is 5.91 Å². The van der Waals surface area contributed by atoms with Crippen LogP contribution in [0.2, 0.25) is 0 Å². The second-order valence-electron chi connectivity index (χ2n) is 8.84. The predicted octanol–water partition coefficient (Wildman–Crippen LogP) is 3.64. The number of nitrogens with zero attached hydrogens (tertiary/aromatic N) is 2. The molecule has 1 amide bonds. The highest BCUT2D eigenvalue weighted by molar-refractivity contribution is 5.78. The largest absolute Gasteiger partial charge is 0.484 e. The molecule has 0 spiro atoms. The second-order valence-corrected chi connectivity index (χ2v) is 8.84. The van der Waals surface area contributed by atoms with E-state index in [0.717, 1.165) is 18.7 Å². The van der Waals surface area contributed by atoms with Crippen LogP contribution in [0.5, 0.6) is 5.75 Å². The number of carboxylic acid groups (broad SMARTS) is 1. The van der Waals surface area contributed by atoms with Crippen LogP contribution in [0.1, 0.15) is 22.7 Å². The quantitative estimate of drug-likeness (QED) is 0.470. The number of hydrogen-bond donors (Lipinski definition) is 1. The van der Waals surface area contributed by atoms with E-state index in [1.165, 1.54) is 18.2 Å². The molecule has 0 radical (unpaired) electrons. The van der Waals surface area contributed by atoms with E-state index in [1.807, 2.05) is 17.0 Å². The molecule has 3 aromatic rings. The lowest BCUT2D eigenvalue weighted by Crippen LogP contribution is -2.51. The third-order valence-corrected chi connectivity index (χ3v) is 6.53. The van der Waals surface area contributed by atoms with E-state index < -0.39 is 12.1 Å². The first-order valence-corrected chi connectivity index (χ1v) is 12.1. The fourth-order valence-electron chi connectivity index (χ4n) is 4.56. The third kappa shape index (κ3) is 6.50. The number of rotatable bonds is 10. The molecule has 1 fully saturated rings. The van der Waals surface area contributed by atoms with Crippen molar-refractivity contribution in [1.82, 2.24) is 9.80 Å². The van der Waals surface area contributed by atoms with Crippen molar-refractivity contribution in [2.75, 3.05) is 39.9 Å². The molecule has 0 aliphatic carbocycles. The zero-order chi connectivity index (χ0) is 25.3. The van der Waals surface area contributed by atoms with Gasteiger partial charge in [-0.3, -0.25) is 9.69 Å². The molecule has 1 atom stereocenters. The van der Waals surface area contributed by atoms with Gasteiger partial charge in [0.15, 0.2) is 12.7 Å². The standard InChI is InChI=1S/C29H32N2O5/c1-35-26(29(33)34)20-22-12-14-25(15-13-22)36-21-27(32)30-16-18-31(19-17-30)28(23-8-4-2-5-9-23)24-10-6-3-7-11-24/h2-15,26,28H,16-21H2,1H3,(H,33,34)/t26-/m0/s1. The summed E-state index contributed by atoms with van der Waals surface area (Å²) < 4.78 is 10.7. The number of hydrogen-bond acceptors (Lipinski definition) is 5. The van der Waals surface area contributed by atoms with Crippen LogP contribution in [-0.4, -0.2) is 72.8 Å². The fourth-order valence-corrected chi connectivity index (χ4v) is 4.56. The summed E-state index contributed by atoms with van der Waals surface area (Å²) in [6.07, 6.45) is -0.622. The van der Waals surface area contributed by atoms with E-state index in [-0.39, 0.29) is 25.0 Å². The summed E-state index contributed by atoms with van der Waals surface area (Å²) in [4.78, 5) is 28.2. The predicted molar refractivity (Wildman–Crippen MR) is 137 cm³/mol. The molecule has 3 aromatic carbocycles. The average Bonchev–Trinajstić information content (AvgIpc) is 2.92. The minimum atomic E-state index is -0.998. The summed E-state index contributed by atoms with van der Waals surface area (Å²) in [5.74, 6) is -0.467. The number of carbonyl (C=O) groups excluding carboxylic acids is 1. The Labute approximate surface area is 211 Å². The van der Waals surface area contributed by atoms with Gasteiger partial charge >= 0.3 is 5.97 Å². The normalized spacial score (nSPS) is 15.0. The van der Waals surface area contributed by atoms with E-state index in [4.69, 9.17) is 14.6 Å². The maximum Gasteiger partial charge on any atom is 0.333 e. The molecule has 1 aliphatic heterocycles. The SMILES string of the molecule is CO[C@@H](Cc1ccc(OCC(=O)N2CCN(C(c3ccccc3)c3ccccc3)CC2)cc1)C(=O)O. The summed E-state index contributed by atoms with van der Waals surface area (Å²) in [5, 5.41) is 9.13. The highest BCUT2D eigenvalue weighted by Gasteiger charge is 2.28. The molecule has 188 valence electrons. The molecule has 4 rings (SSSR count). The Morgan fingerprint density at radius 2 is 1.39 bits per heavy atom. The van der Waals surface area contributed by atoms with E-state index >= 15 is 0 Å². The maximum absolute atomic E-state index is 12.8. The van der Waals surface area contributed by atoms with Crippen LogP contribution in [-0.2, 0) is 20.7 Å². The summed E-state index contributed by atoms with van der Waals surface area (Å²) >= 11 is 0. The molecule has 0 aromatic heterocycles. The number of carboxylic acids is 1. The number of aliphatic carboxylic acids is 1. The molecule has 0 unspecified atom stereocenters. The molecule has 7 nitrogen and oxygen atoms in total. The Kier molecular flexibility index (Phi) is 8.71. The molecule has 36 heavy (non-hydrogen) atoms. The fraction of sp³-hybridized carbons (Fsp3) is 0.310. The molecule has 1 heterocycles. The number of ether oxygens (including phenoxy) is 2. The van der Waals surface area contributed by atoms with Gasteiger partial charge in [-0.2, -0.15) is 0 Å². The topological polar surface area (TPSA) is 79.3 Å². The van der Waals surface area contributed by atoms with Gasteiger partial charge in [0, 0.05) is 39.7 Å². The van der Waals surface area contributed by atoms with E-state index in [0.29, 0.717) is 18.8 Å². The summed E-state index contributed by atoms with van der Waals surface area (Å²) in [6.45, 7) is 2.81. The lowest BCUT2D eigenvalue weighted by Gasteiger charge is -2.39. The molecule has 0 bridgehead atoms. The lowest BCUT2D eigenvalue weighted by atomic mass is 9.96. The molecule has 0 saturated carbocycles. The van der Waals surface area contributed by atoms with Gasteiger partial charge in [0.1, 0.15) is 5.75 Å². The molecule has 1 saturated heterocycles. The van der Waals surface area contributed by atoms with Crippen LogP contribution >= 0.6 is 0 Å². The van der Waals surface area contributed by atoms with Crippen molar-refractivity contribution < 1.29 is 24.2 Å². The van der Waals surface area contributed by atoms with Gasteiger partial charge in [-0.05, 0) is 28.8 Å². The molecule has 1 N–H and O–H groups in total. The van der Waals surface area contributed by atoms with E-state index in [2.05, 4.69) is 53.4 Å². The van der Waals surface area contributed by atoms with Gasteiger partial charge < -0.3 is 19.5 Å². The highest BCUT2D eigenvalue weighted by atomic mass is 16.5. The van der Waals surface area contributed by atoms with Crippen molar-refractivity contribution in [2.24, 2.45) is 0 Å². The molecular weight excluding hydrogens is 456 g/mol. The molecular formula is C29H32N2O5. The van der Waals surface area contributed by atoms with Crippen LogP contribution < -0.4 is 4.74 Å². The zero-order valence-corrected chi connectivity index (χ0v) is 20.5. The van der Waals surface area contributed by atoms with Gasteiger partial charge in [-0.25, -0.2) is 4.79 Å². The highest BCUT2D eigenvalue weighted by Crippen LogP contribution is 2.29. The van der Waals surface area contributed by atoms with Crippen molar-refractivity contribution in [2.45, 2.75) is 18.6 Å². The number of amides is 1. The number of methoxy groups -OCH3 is 1. The Bertz CT molecular complexity index is 1070. The first-order valence-electron chi connectivity index (χ1n) is 12.1. The van der Waals surface area contributed by atoms with Crippen molar-refractivity contribution in [3.05, 3.63) is 102 Å². The Morgan fingerprint density at radius 3 is 1.89 bits per heavy atom. The summed E-state index contributed by atoms with van der Waals surface area (Å²) in [7, 11) is 1.38. The number of carbonyl (C=O) groups is 2. The molecule has 1 aliphatic rings. The van der Waals surface area contributed by atoms with E-state index in [9.17, 15) is 9.59 Å². The van der Waals surface area contributed by atoms with Gasteiger partial charge in [0.05, 0.1) is 6.04 Å². The van der Waals surface area contributed by atoms with Crippen LogP contribution in [0.15, 0.2) is 84.9 Å². The monoisotopic (exact) mass is 488 g/mol. The van der Waals surface area contributed by atoms with E-state index in [1.54, 1.807) is 24.3 Å². The van der Waals surface area contributed by atoms with Crippen molar-refractivity contribution in [3.63, 3.8) is 0 Å². The average molecular weight is 489 g/mol. The van der Waals surface area contributed by atoms with Gasteiger partial charge in [-0.1, -0.05) is 72.8 Å². The third-order valence-electron chi connectivity index (χ3n) is 6.53. The smallest absolute Gasteiger partial charge is 0.333 e. The number of piperazine rings is 1. The maximum atomic E-state index is 12.8. The van der Waals surface area contributed by atoms with Crippen molar-refractivity contribution >= 4 is 11.9 Å². The minimum Gasteiger partial charge on any atom is -0.484 e. The van der Waals surface area contributed by atoms with Gasteiger partial charge in [0.2, 0.25) is 0 Å². The molecule has 7 heteroatoms. The Hall–Kier alpha value is -3.68. The second kappa shape index (κ2) is 12.3. The Balaban J connectivity index is 1.30. The van der Waals surface area contributed by atoms with Crippen molar-refractivity contribution in [1.29, 1.82) is 0 Å². The first kappa shape index (κ1) is 25.4. The summed E-state index contributed by atoms with van der Waals surface area (Å²) in [5.41, 5.74) is 3.32. The summed E-state index contributed by atoms with van der Waals surface area (Å²) in [6, 6.07) is 28.2. The minimum absolute atomic E-state index is 0.0318. The van der Waals surface area contributed by atoms with Gasteiger partial charge in [-0.15, -0.1) is 0 Å². The Morgan fingerprint density at radius 1 is 0.833 bits per heavy atom. The van der Waals surface area contributed by atoms with Crippen LogP contribution in [0.3, 0.4) is 0 Å². The zero-order valence-electron chi connectivity index (χ0n) is 20.5. The van der Waals surface area contributed by atoms with Crippen LogP contribution in [0.4, 0.5) is 0 Å².